The summed E-state index contributed by atoms with van der Waals surface area (Å²) in [5, 5.41) is 20.1. The largest absolute Gasteiger partial charge is 0.458 e. The highest BCUT2D eigenvalue weighted by atomic mass is 16.6. The average molecular weight is 282 g/mol. The highest BCUT2D eigenvalue weighted by Crippen LogP contribution is 2.59. The lowest BCUT2D eigenvalue weighted by molar-refractivity contribution is -0.227. The third kappa shape index (κ3) is 2.17. The Bertz CT molecular complexity index is 399. The van der Waals surface area contributed by atoms with Gasteiger partial charge in [-0.25, -0.2) is 0 Å². The lowest BCUT2D eigenvalue weighted by Gasteiger charge is -2.59. The fourth-order valence-electron chi connectivity index (χ4n) is 4.89. The second-order valence-corrected chi connectivity index (χ2v) is 7.83. The SMILES string of the molecule is CCC(C)(CO)C(=O)OC12CC3CC(CC(O)(C3)C1)C2. The van der Waals surface area contributed by atoms with Gasteiger partial charge in [0, 0.05) is 6.42 Å². The van der Waals surface area contributed by atoms with Crippen molar-refractivity contribution in [2.24, 2.45) is 17.3 Å². The number of aliphatic hydroxyl groups is 2. The van der Waals surface area contributed by atoms with Crippen LogP contribution in [0.2, 0.25) is 0 Å². The summed E-state index contributed by atoms with van der Waals surface area (Å²) in [6.45, 7) is 3.46. The van der Waals surface area contributed by atoms with Crippen LogP contribution >= 0.6 is 0 Å². The number of ether oxygens (including phenoxy) is 1. The van der Waals surface area contributed by atoms with Crippen LogP contribution in [0.25, 0.3) is 0 Å². The van der Waals surface area contributed by atoms with Gasteiger partial charge in [-0.15, -0.1) is 0 Å². The second-order valence-electron chi connectivity index (χ2n) is 7.83. The highest BCUT2D eigenvalue weighted by Gasteiger charge is 2.59. The average Bonchev–Trinajstić information content (AvgIpc) is 2.34. The number of esters is 1. The third-order valence-corrected chi connectivity index (χ3v) is 5.91. The Morgan fingerprint density at radius 3 is 2.35 bits per heavy atom. The van der Waals surface area contributed by atoms with E-state index in [1.54, 1.807) is 6.92 Å². The van der Waals surface area contributed by atoms with Crippen molar-refractivity contribution < 1.29 is 19.7 Å². The summed E-state index contributed by atoms with van der Waals surface area (Å²) in [6.07, 6.45) is 5.85. The van der Waals surface area contributed by atoms with E-state index in [1.807, 2.05) is 6.92 Å². The van der Waals surface area contributed by atoms with E-state index < -0.39 is 16.6 Å². The number of hydrogen-bond acceptors (Lipinski definition) is 4. The molecule has 0 radical (unpaired) electrons. The molecule has 0 saturated heterocycles. The molecule has 4 rings (SSSR count). The molecule has 4 fully saturated rings. The van der Waals surface area contributed by atoms with Gasteiger partial charge in [-0.1, -0.05) is 6.92 Å². The maximum atomic E-state index is 12.5. The maximum absolute atomic E-state index is 12.5. The molecule has 4 bridgehead atoms. The van der Waals surface area contributed by atoms with Gasteiger partial charge in [-0.2, -0.15) is 0 Å². The number of hydrogen-bond donors (Lipinski definition) is 2. The topological polar surface area (TPSA) is 66.8 Å². The van der Waals surface area contributed by atoms with E-state index in [9.17, 15) is 15.0 Å². The van der Waals surface area contributed by atoms with Gasteiger partial charge in [0.15, 0.2) is 0 Å². The molecule has 3 unspecified atom stereocenters. The first kappa shape index (κ1) is 14.3. The van der Waals surface area contributed by atoms with Gasteiger partial charge in [-0.05, 0) is 57.3 Å². The predicted octanol–water partition coefficient (Wildman–Crippen LogP) is 2.02. The van der Waals surface area contributed by atoms with E-state index in [-0.39, 0.29) is 12.6 Å². The molecule has 0 spiro atoms. The van der Waals surface area contributed by atoms with Gasteiger partial charge < -0.3 is 14.9 Å². The standard InChI is InChI=1S/C16H26O4/c1-3-14(2,10-17)13(18)20-16-7-11-4-12(8-16)6-15(19,5-11)9-16/h11-12,17,19H,3-10H2,1-2H3. The molecular formula is C16H26O4. The molecule has 2 N–H and O–H groups in total. The maximum Gasteiger partial charge on any atom is 0.314 e. The second kappa shape index (κ2) is 4.44. The Balaban J connectivity index is 1.79. The monoisotopic (exact) mass is 282 g/mol. The van der Waals surface area contributed by atoms with Crippen molar-refractivity contribution in [3.8, 4) is 0 Å². The molecule has 114 valence electrons. The fourth-order valence-corrected chi connectivity index (χ4v) is 4.89. The van der Waals surface area contributed by atoms with Gasteiger partial charge in [0.1, 0.15) is 5.60 Å². The minimum atomic E-state index is -0.814. The van der Waals surface area contributed by atoms with Crippen molar-refractivity contribution in [1.29, 1.82) is 0 Å². The molecule has 0 aromatic carbocycles. The van der Waals surface area contributed by atoms with Crippen molar-refractivity contribution in [1.82, 2.24) is 0 Å². The summed E-state index contributed by atoms with van der Waals surface area (Å²) < 4.78 is 5.90. The third-order valence-electron chi connectivity index (χ3n) is 5.91. The van der Waals surface area contributed by atoms with Gasteiger partial charge in [0.2, 0.25) is 0 Å². The molecule has 3 atom stereocenters. The van der Waals surface area contributed by atoms with Crippen LogP contribution in [0.4, 0.5) is 0 Å². The molecule has 4 saturated carbocycles. The Morgan fingerprint density at radius 2 is 1.90 bits per heavy atom. The number of carbonyl (C=O) groups is 1. The molecular weight excluding hydrogens is 256 g/mol. The first-order chi connectivity index (χ1) is 9.32. The van der Waals surface area contributed by atoms with Crippen molar-refractivity contribution >= 4 is 5.97 Å². The van der Waals surface area contributed by atoms with Crippen LogP contribution < -0.4 is 0 Å². The summed E-state index contributed by atoms with van der Waals surface area (Å²) in [5.74, 6) is 0.695. The van der Waals surface area contributed by atoms with Crippen LogP contribution in [0.5, 0.6) is 0 Å². The molecule has 20 heavy (non-hydrogen) atoms. The van der Waals surface area contributed by atoms with Crippen LogP contribution in [0.15, 0.2) is 0 Å². The van der Waals surface area contributed by atoms with E-state index in [0.29, 0.717) is 24.7 Å². The van der Waals surface area contributed by atoms with Crippen molar-refractivity contribution in [3.63, 3.8) is 0 Å². The minimum absolute atomic E-state index is 0.185. The Hall–Kier alpha value is -0.610. The quantitative estimate of drug-likeness (QED) is 0.774. The lowest BCUT2D eigenvalue weighted by Crippen LogP contribution is -2.61. The van der Waals surface area contributed by atoms with Gasteiger partial charge in [0.25, 0.3) is 0 Å². The Kier molecular flexibility index (Phi) is 3.18. The summed E-state index contributed by atoms with van der Waals surface area (Å²) >= 11 is 0. The molecule has 0 aromatic rings. The van der Waals surface area contributed by atoms with Crippen molar-refractivity contribution in [2.75, 3.05) is 6.61 Å². The summed E-state index contributed by atoms with van der Waals surface area (Å²) in [5.41, 5.74) is -1.90. The van der Waals surface area contributed by atoms with Crippen LogP contribution in [-0.4, -0.2) is 34.0 Å². The summed E-state index contributed by atoms with van der Waals surface area (Å²) in [6, 6.07) is 0. The molecule has 4 aliphatic rings. The van der Waals surface area contributed by atoms with E-state index in [1.165, 1.54) is 6.42 Å². The Labute approximate surface area is 120 Å². The molecule has 4 aliphatic carbocycles. The molecule has 4 heteroatoms. The van der Waals surface area contributed by atoms with Crippen molar-refractivity contribution in [2.45, 2.75) is 70.0 Å². The highest BCUT2D eigenvalue weighted by molar-refractivity contribution is 5.77. The van der Waals surface area contributed by atoms with E-state index in [0.717, 1.165) is 25.7 Å². The molecule has 0 amide bonds. The predicted molar refractivity (Wildman–Crippen MR) is 73.9 cm³/mol. The zero-order chi connectivity index (χ0) is 14.6. The van der Waals surface area contributed by atoms with Crippen molar-refractivity contribution in [3.05, 3.63) is 0 Å². The number of aliphatic hydroxyl groups excluding tert-OH is 1. The first-order valence-corrected chi connectivity index (χ1v) is 7.89. The van der Waals surface area contributed by atoms with Gasteiger partial charge >= 0.3 is 5.97 Å². The van der Waals surface area contributed by atoms with E-state index in [2.05, 4.69) is 0 Å². The number of carbonyl (C=O) groups excluding carboxylic acids is 1. The van der Waals surface area contributed by atoms with E-state index in [4.69, 9.17) is 4.74 Å². The van der Waals surface area contributed by atoms with Crippen LogP contribution in [-0.2, 0) is 9.53 Å². The zero-order valence-corrected chi connectivity index (χ0v) is 12.5. The lowest BCUT2D eigenvalue weighted by atomic mass is 9.52. The normalized spacial score (nSPS) is 45.2. The van der Waals surface area contributed by atoms with Gasteiger partial charge in [0.05, 0.1) is 17.6 Å². The molecule has 4 nitrogen and oxygen atoms in total. The fraction of sp³-hybridized carbons (Fsp3) is 0.938. The van der Waals surface area contributed by atoms with Crippen LogP contribution in [0, 0.1) is 17.3 Å². The Morgan fingerprint density at radius 1 is 1.30 bits per heavy atom. The van der Waals surface area contributed by atoms with Gasteiger partial charge in [-0.3, -0.25) is 4.79 Å². The minimum Gasteiger partial charge on any atom is -0.458 e. The molecule has 0 aliphatic heterocycles. The van der Waals surface area contributed by atoms with E-state index >= 15 is 0 Å². The molecule has 0 heterocycles. The van der Waals surface area contributed by atoms with Crippen LogP contribution in [0.3, 0.4) is 0 Å². The number of rotatable bonds is 4. The smallest absolute Gasteiger partial charge is 0.314 e. The van der Waals surface area contributed by atoms with Crippen LogP contribution in [0.1, 0.15) is 58.8 Å². The molecule has 0 aromatic heterocycles. The zero-order valence-electron chi connectivity index (χ0n) is 12.5. The summed E-state index contributed by atoms with van der Waals surface area (Å²) in [7, 11) is 0. The summed E-state index contributed by atoms with van der Waals surface area (Å²) in [4.78, 5) is 12.5. The first-order valence-electron chi connectivity index (χ1n) is 7.89.